The predicted molar refractivity (Wildman–Crippen MR) is 88.9 cm³/mol. The molecule has 0 aromatic heterocycles. The highest BCUT2D eigenvalue weighted by Crippen LogP contribution is 2.33. The Hall–Kier alpha value is -1.66. The van der Waals surface area contributed by atoms with Crippen molar-refractivity contribution in [3.05, 3.63) is 34.6 Å². The van der Waals surface area contributed by atoms with Crippen molar-refractivity contribution in [3.8, 4) is 0 Å². The second kappa shape index (κ2) is 6.69. The van der Waals surface area contributed by atoms with Gasteiger partial charge in [0.1, 0.15) is 11.4 Å². The van der Waals surface area contributed by atoms with E-state index in [0.717, 1.165) is 19.3 Å². The Morgan fingerprint density at radius 3 is 2.67 bits per heavy atom. The Labute approximate surface area is 145 Å². The van der Waals surface area contributed by atoms with Gasteiger partial charge in [-0.05, 0) is 32.0 Å². The fourth-order valence-corrected chi connectivity index (χ4v) is 3.77. The number of nitrogens with one attached hydrogen (secondary N) is 1. The maximum absolute atomic E-state index is 13.9. The summed E-state index contributed by atoms with van der Waals surface area (Å²) in [5.74, 6) is -0.561. The number of hydrogen-bond acceptors (Lipinski definition) is 3. The third kappa shape index (κ3) is 3.13. The minimum absolute atomic E-state index is 0.108. The molecule has 24 heavy (non-hydrogen) atoms. The van der Waals surface area contributed by atoms with Crippen LogP contribution in [-0.2, 0) is 11.3 Å². The van der Waals surface area contributed by atoms with Crippen molar-refractivity contribution in [1.82, 2.24) is 15.1 Å². The lowest BCUT2D eigenvalue weighted by atomic mass is 9.82. The summed E-state index contributed by atoms with van der Waals surface area (Å²) in [5, 5.41) is 3.21. The summed E-state index contributed by atoms with van der Waals surface area (Å²) < 4.78 is 13.9. The van der Waals surface area contributed by atoms with Crippen LogP contribution in [-0.4, -0.2) is 41.0 Å². The van der Waals surface area contributed by atoms with Crippen LogP contribution in [0, 0.1) is 5.82 Å². The normalized spacial score (nSPS) is 20.1. The van der Waals surface area contributed by atoms with Crippen molar-refractivity contribution in [1.29, 1.82) is 0 Å². The molecule has 130 valence electrons. The number of carbonyl (C=O) groups excluding carboxylic acids is 2. The van der Waals surface area contributed by atoms with E-state index in [2.05, 4.69) is 5.32 Å². The molecule has 2 fully saturated rings. The lowest BCUT2D eigenvalue weighted by Gasteiger charge is -2.31. The van der Waals surface area contributed by atoms with E-state index in [1.165, 1.54) is 11.0 Å². The molecule has 1 heterocycles. The molecule has 3 rings (SSSR count). The molecular weight excluding hydrogens is 333 g/mol. The number of urea groups is 1. The summed E-state index contributed by atoms with van der Waals surface area (Å²) in [4.78, 5) is 27.9. The summed E-state index contributed by atoms with van der Waals surface area (Å²) >= 11 is 6.04. The molecule has 7 heteroatoms. The molecule has 1 aliphatic heterocycles. The smallest absolute Gasteiger partial charge is 0.323 e. The van der Waals surface area contributed by atoms with Crippen LogP contribution in [0.4, 0.5) is 9.18 Å². The number of nitrogens with zero attached hydrogens (tertiary/aromatic N) is 2. The van der Waals surface area contributed by atoms with E-state index >= 15 is 0 Å². The second-order valence-electron chi connectivity index (χ2n) is 6.66. The Balaban J connectivity index is 1.69. The fourth-order valence-electron chi connectivity index (χ4n) is 3.54. The topological polar surface area (TPSA) is 52.6 Å². The SMILES string of the molecule is CN(Cc1c(F)cccc1Cl)CN1C(=O)NC2(CCCCC2)C1=O. The molecule has 1 spiro atoms. The molecule has 1 N–H and O–H groups in total. The first kappa shape index (κ1) is 17.2. The molecule has 2 aliphatic rings. The number of imide groups is 1. The minimum Gasteiger partial charge on any atom is -0.323 e. The van der Waals surface area contributed by atoms with Crippen molar-refractivity contribution in [3.63, 3.8) is 0 Å². The highest BCUT2D eigenvalue weighted by atomic mass is 35.5. The summed E-state index contributed by atoms with van der Waals surface area (Å²) in [6.45, 7) is 0.326. The monoisotopic (exact) mass is 353 g/mol. The van der Waals surface area contributed by atoms with E-state index < -0.39 is 11.4 Å². The largest absolute Gasteiger partial charge is 0.326 e. The van der Waals surface area contributed by atoms with Gasteiger partial charge in [-0.15, -0.1) is 0 Å². The quantitative estimate of drug-likeness (QED) is 0.846. The van der Waals surface area contributed by atoms with Gasteiger partial charge >= 0.3 is 6.03 Å². The van der Waals surface area contributed by atoms with Crippen molar-refractivity contribution >= 4 is 23.5 Å². The van der Waals surface area contributed by atoms with Gasteiger partial charge in [-0.2, -0.15) is 0 Å². The van der Waals surface area contributed by atoms with Gasteiger partial charge in [-0.25, -0.2) is 14.1 Å². The van der Waals surface area contributed by atoms with Gasteiger partial charge in [-0.3, -0.25) is 9.69 Å². The van der Waals surface area contributed by atoms with Crippen LogP contribution < -0.4 is 5.32 Å². The molecule has 1 aromatic rings. The van der Waals surface area contributed by atoms with Crippen LogP contribution in [0.15, 0.2) is 18.2 Å². The molecule has 1 aliphatic carbocycles. The Morgan fingerprint density at radius 1 is 1.29 bits per heavy atom. The highest BCUT2D eigenvalue weighted by Gasteiger charge is 2.51. The van der Waals surface area contributed by atoms with Gasteiger partial charge in [0.2, 0.25) is 0 Å². The summed E-state index contributed by atoms with van der Waals surface area (Å²) in [7, 11) is 1.73. The zero-order chi connectivity index (χ0) is 17.3. The number of carbonyl (C=O) groups is 2. The van der Waals surface area contributed by atoms with E-state index in [1.54, 1.807) is 24.1 Å². The minimum atomic E-state index is -0.730. The standard InChI is InChI=1S/C17H21ClFN3O2/c1-21(10-12-13(18)6-5-7-14(12)19)11-22-15(23)17(20-16(22)24)8-3-2-4-9-17/h5-7H,2-4,8-11H2,1H3,(H,20,24). The van der Waals surface area contributed by atoms with Crippen LogP contribution in [0.2, 0.25) is 5.02 Å². The van der Waals surface area contributed by atoms with Gasteiger partial charge < -0.3 is 5.32 Å². The lowest BCUT2D eigenvalue weighted by molar-refractivity contribution is -0.133. The number of hydrogen-bond donors (Lipinski definition) is 1. The maximum Gasteiger partial charge on any atom is 0.326 e. The first-order chi connectivity index (χ1) is 11.4. The predicted octanol–water partition coefficient (Wildman–Crippen LogP) is 3.12. The van der Waals surface area contributed by atoms with Gasteiger partial charge in [0, 0.05) is 17.1 Å². The molecule has 5 nitrogen and oxygen atoms in total. The molecule has 0 unspecified atom stereocenters. The first-order valence-electron chi connectivity index (χ1n) is 8.18. The molecule has 1 saturated carbocycles. The molecule has 0 atom stereocenters. The Morgan fingerprint density at radius 2 is 2.00 bits per heavy atom. The van der Waals surface area contributed by atoms with Crippen molar-refractivity contribution < 1.29 is 14.0 Å². The van der Waals surface area contributed by atoms with Gasteiger partial charge in [0.15, 0.2) is 0 Å². The zero-order valence-corrected chi connectivity index (χ0v) is 14.4. The van der Waals surface area contributed by atoms with Crippen molar-refractivity contribution in [2.45, 2.75) is 44.2 Å². The lowest BCUT2D eigenvalue weighted by Crippen LogP contribution is -2.48. The summed E-state index contributed by atoms with van der Waals surface area (Å²) in [5.41, 5.74) is -0.368. The summed E-state index contributed by atoms with van der Waals surface area (Å²) in [6, 6.07) is 4.15. The number of amides is 3. The third-order valence-corrected chi connectivity index (χ3v) is 5.18. The van der Waals surface area contributed by atoms with Gasteiger partial charge in [0.05, 0.1) is 6.67 Å². The van der Waals surface area contributed by atoms with Crippen LogP contribution in [0.5, 0.6) is 0 Å². The second-order valence-corrected chi connectivity index (χ2v) is 7.07. The van der Waals surface area contributed by atoms with Gasteiger partial charge in [-0.1, -0.05) is 36.9 Å². The van der Waals surface area contributed by atoms with Gasteiger partial charge in [0.25, 0.3) is 5.91 Å². The Kier molecular flexibility index (Phi) is 4.78. The first-order valence-corrected chi connectivity index (χ1v) is 8.56. The summed E-state index contributed by atoms with van der Waals surface area (Å²) in [6.07, 6.45) is 4.37. The van der Waals surface area contributed by atoms with Crippen molar-refractivity contribution in [2.24, 2.45) is 0 Å². The molecule has 3 amide bonds. The van der Waals surface area contributed by atoms with E-state index in [0.29, 0.717) is 23.4 Å². The average Bonchev–Trinajstić information content (AvgIpc) is 2.76. The van der Waals surface area contributed by atoms with Crippen molar-refractivity contribution in [2.75, 3.05) is 13.7 Å². The van der Waals surface area contributed by atoms with Crippen LogP contribution in [0.1, 0.15) is 37.7 Å². The van der Waals surface area contributed by atoms with E-state index in [1.807, 2.05) is 0 Å². The average molecular weight is 354 g/mol. The van der Waals surface area contributed by atoms with Crippen LogP contribution in [0.25, 0.3) is 0 Å². The van der Waals surface area contributed by atoms with E-state index in [9.17, 15) is 14.0 Å². The molecule has 1 aromatic carbocycles. The van der Waals surface area contributed by atoms with Crippen LogP contribution >= 0.6 is 11.6 Å². The molecular formula is C17H21ClFN3O2. The third-order valence-electron chi connectivity index (χ3n) is 4.83. The number of rotatable bonds is 4. The molecule has 0 radical (unpaired) electrons. The van der Waals surface area contributed by atoms with E-state index in [4.69, 9.17) is 11.6 Å². The number of halogens is 2. The highest BCUT2D eigenvalue weighted by molar-refractivity contribution is 6.31. The zero-order valence-electron chi connectivity index (χ0n) is 13.6. The maximum atomic E-state index is 13.9. The Bertz CT molecular complexity index is 641. The fraction of sp³-hybridized carbons (Fsp3) is 0.529. The molecule has 0 bridgehead atoms. The van der Waals surface area contributed by atoms with Crippen LogP contribution in [0.3, 0.4) is 0 Å². The number of benzene rings is 1. The van der Waals surface area contributed by atoms with E-state index in [-0.39, 0.29) is 25.2 Å². The molecule has 1 saturated heterocycles.